The first-order chi connectivity index (χ1) is 6.76. The summed E-state index contributed by atoms with van der Waals surface area (Å²) in [6.45, 7) is 3.94. The third-order valence-electron chi connectivity index (χ3n) is 1.86. The molecule has 0 aliphatic heterocycles. The maximum absolute atomic E-state index is 5.56. The Morgan fingerprint density at radius 1 is 1.50 bits per heavy atom. The molecule has 0 amide bonds. The number of pyridine rings is 1. The van der Waals surface area contributed by atoms with Crippen LogP contribution in [0.15, 0.2) is 12.1 Å². The van der Waals surface area contributed by atoms with Crippen molar-refractivity contribution < 1.29 is 4.74 Å². The molecule has 0 fully saturated rings. The number of hydrogen-bond donors (Lipinski definition) is 2. The SMILES string of the molecule is COCCNc1cc(CN)cc(C)n1. The van der Waals surface area contributed by atoms with Gasteiger partial charge in [-0.05, 0) is 24.6 Å². The van der Waals surface area contributed by atoms with Crippen LogP contribution in [-0.4, -0.2) is 25.2 Å². The van der Waals surface area contributed by atoms with Crippen LogP contribution >= 0.6 is 0 Å². The van der Waals surface area contributed by atoms with Crippen LogP contribution in [0.25, 0.3) is 0 Å². The Hall–Kier alpha value is -1.13. The summed E-state index contributed by atoms with van der Waals surface area (Å²) in [7, 11) is 1.68. The monoisotopic (exact) mass is 195 g/mol. The van der Waals surface area contributed by atoms with E-state index in [2.05, 4.69) is 10.3 Å². The van der Waals surface area contributed by atoms with Crippen LogP contribution in [0.4, 0.5) is 5.82 Å². The molecule has 78 valence electrons. The number of rotatable bonds is 5. The number of methoxy groups -OCH3 is 1. The zero-order valence-electron chi connectivity index (χ0n) is 8.71. The number of nitrogens with two attached hydrogens (primary N) is 1. The number of hydrogen-bond acceptors (Lipinski definition) is 4. The minimum Gasteiger partial charge on any atom is -0.383 e. The van der Waals surface area contributed by atoms with Gasteiger partial charge < -0.3 is 15.8 Å². The first-order valence-corrected chi connectivity index (χ1v) is 4.66. The van der Waals surface area contributed by atoms with Crippen molar-refractivity contribution in [2.24, 2.45) is 5.73 Å². The lowest BCUT2D eigenvalue weighted by Gasteiger charge is -2.07. The molecule has 0 saturated heterocycles. The van der Waals surface area contributed by atoms with Crippen molar-refractivity contribution in [3.8, 4) is 0 Å². The molecule has 0 saturated carbocycles. The molecule has 0 bridgehead atoms. The Balaban J connectivity index is 2.62. The fourth-order valence-corrected chi connectivity index (χ4v) is 1.23. The molecule has 1 rings (SSSR count). The summed E-state index contributed by atoms with van der Waals surface area (Å²) in [5.41, 5.74) is 7.64. The molecular formula is C10H17N3O. The lowest BCUT2D eigenvalue weighted by Crippen LogP contribution is -2.10. The molecule has 3 N–H and O–H groups in total. The van der Waals surface area contributed by atoms with Crippen LogP contribution in [0.1, 0.15) is 11.3 Å². The van der Waals surface area contributed by atoms with E-state index in [1.165, 1.54) is 0 Å². The highest BCUT2D eigenvalue weighted by molar-refractivity contribution is 5.39. The van der Waals surface area contributed by atoms with Crippen molar-refractivity contribution >= 4 is 5.82 Å². The summed E-state index contributed by atoms with van der Waals surface area (Å²) >= 11 is 0. The Morgan fingerprint density at radius 3 is 2.93 bits per heavy atom. The van der Waals surface area contributed by atoms with Gasteiger partial charge in [0.2, 0.25) is 0 Å². The standard InChI is InChI=1S/C10H17N3O/c1-8-5-9(7-11)6-10(13-8)12-3-4-14-2/h5-6H,3-4,7,11H2,1-2H3,(H,12,13). The highest BCUT2D eigenvalue weighted by Crippen LogP contribution is 2.08. The molecule has 0 spiro atoms. The molecule has 0 aliphatic carbocycles. The summed E-state index contributed by atoms with van der Waals surface area (Å²) in [5, 5.41) is 3.17. The molecule has 1 aromatic heterocycles. The molecule has 0 aromatic carbocycles. The summed E-state index contributed by atoms with van der Waals surface area (Å²) < 4.78 is 4.94. The zero-order chi connectivity index (χ0) is 10.4. The van der Waals surface area contributed by atoms with Crippen molar-refractivity contribution in [1.29, 1.82) is 0 Å². The fourth-order valence-electron chi connectivity index (χ4n) is 1.23. The van der Waals surface area contributed by atoms with E-state index in [9.17, 15) is 0 Å². The van der Waals surface area contributed by atoms with E-state index < -0.39 is 0 Å². The van der Waals surface area contributed by atoms with Crippen molar-refractivity contribution in [1.82, 2.24) is 4.98 Å². The predicted octanol–water partition coefficient (Wildman–Crippen LogP) is 0.907. The van der Waals surface area contributed by atoms with E-state index in [-0.39, 0.29) is 0 Å². The average Bonchev–Trinajstić information content (AvgIpc) is 2.17. The highest BCUT2D eigenvalue weighted by Gasteiger charge is 1.97. The van der Waals surface area contributed by atoms with Crippen molar-refractivity contribution in [2.75, 3.05) is 25.6 Å². The van der Waals surface area contributed by atoms with Crippen LogP contribution in [0.3, 0.4) is 0 Å². The number of anilines is 1. The third-order valence-corrected chi connectivity index (χ3v) is 1.86. The second-order valence-electron chi connectivity index (χ2n) is 3.13. The van der Waals surface area contributed by atoms with Gasteiger partial charge in [-0.2, -0.15) is 0 Å². The highest BCUT2D eigenvalue weighted by atomic mass is 16.5. The largest absolute Gasteiger partial charge is 0.383 e. The third kappa shape index (κ3) is 3.32. The molecule has 0 unspecified atom stereocenters. The maximum atomic E-state index is 5.56. The molecule has 1 heterocycles. The topological polar surface area (TPSA) is 60.2 Å². The minimum atomic E-state index is 0.544. The summed E-state index contributed by atoms with van der Waals surface area (Å²) in [6.07, 6.45) is 0. The molecule has 4 nitrogen and oxygen atoms in total. The van der Waals surface area contributed by atoms with E-state index in [1.54, 1.807) is 7.11 Å². The van der Waals surface area contributed by atoms with Gasteiger partial charge in [-0.3, -0.25) is 0 Å². The van der Waals surface area contributed by atoms with Gasteiger partial charge in [0.25, 0.3) is 0 Å². The quantitative estimate of drug-likeness (QED) is 0.685. The van der Waals surface area contributed by atoms with Gasteiger partial charge >= 0.3 is 0 Å². The van der Waals surface area contributed by atoms with E-state index in [0.717, 1.165) is 23.6 Å². The van der Waals surface area contributed by atoms with Gasteiger partial charge in [0.1, 0.15) is 5.82 Å². The second kappa shape index (κ2) is 5.57. The van der Waals surface area contributed by atoms with Gasteiger partial charge in [-0.15, -0.1) is 0 Å². The van der Waals surface area contributed by atoms with Gasteiger partial charge in [0.05, 0.1) is 6.61 Å². The fraction of sp³-hybridized carbons (Fsp3) is 0.500. The molecule has 4 heteroatoms. The number of nitrogens with zero attached hydrogens (tertiary/aromatic N) is 1. The zero-order valence-corrected chi connectivity index (χ0v) is 8.71. The minimum absolute atomic E-state index is 0.544. The van der Waals surface area contributed by atoms with Gasteiger partial charge in [0, 0.05) is 25.9 Å². The maximum Gasteiger partial charge on any atom is 0.126 e. The summed E-state index contributed by atoms with van der Waals surface area (Å²) in [6, 6.07) is 3.95. The number of aromatic nitrogens is 1. The number of aryl methyl sites for hydroxylation is 1. The van der Waals surface area contributed by atoms with E-state index in [4.69, 9.17) is 10.5 Å². The lowest BCUT2D eigenvalue weighted by molar-refractivity contribution is 0.210. The van der Waals surface area contributed by atoms with Crippen LogP contribution in [0, 0.1) is 6.92 Å². The Labute approximate surface area is 84.5 Å². The van der Waals surface area contributed by atoms with E-state index >= 15 is 0 Å². The molecule has 0 radical (unpaired) electrons. The first kappa shape index (κ1) is 10.9. The molecular weight excluding hydrogens is 178 g/mol. The Kier molecular flexibility index (Phi) is 4.35. The number of ether oxygens (including phenoxy) is 1. The molecule has 1 aromatic rings. The van der Waals surface area contributed by atoms with Crippen molar-refractivity contribution in [3.05, 3.63) is 23.4 Å². The van der Waals surface area contributed by atoms with Crippen molar-refractivity contribution in [2.45, 2.75) is 13.5 Å². The van der Waals surface area contributed by atoms with E-state index in [0.29, 0.717) is 13.2 Å². The first-order valence-electron chi connectivity index (χ1n) is 4.66. The van der Waals surface area contributed by atoms with Crippen LogP contribution in [0.2, 0.25) is 0 Å². The smallest absolute Gasteiger partial charge is 0.126 e. The molecule has 14 heavy (non-hydrogen) atoms. The Bertz CT molecular complexity index is 289. The molecule has 0 atom stereocenters. The Morgan fingerprint density at radius 2 is 2.29 bits per heavy atom. The van der Waals surface area contributed by atoms with Gasteiger partial charge in [0.15, 0.2) is 0 Å². The summed E-state index contributed by atoms with van der Waals surface area (Å²) in [5.74, 6) is 0.863. The van der Waals surface area contributed by atoms with E-state index in [1.807, 2.05) is 19.1 Å². The lowest BCUT2D eigenvalue weighted by atomic mass is 10.2. The average molecular weight is 195 g/mol. The normalized spacial score (nSPS) is 10.2. The van der Waals surface area contributed by atoms with Crippen LogP contribution in [0.5, 0.6) is 0 Å². The molecule has 0 aliphatic rings. The number of nitrogens with one attached hydrogen (secondary N) is 1. The predicted molar refractivity (Wildman–Crippen MR) is 57.2 cm³/mol. The van der Waals surface area contributed by atoms with Crippen LogP contribution < -0.4 is 11.1 Å². The summed E-state index contributed by atoms with van der Waals surface area (Å²) in [4.78, 5) is 4.33. The van der Waals surface area contributed by atoms with Gasteiger partial charge in [-0.25, -0.2) is 4.98 Å². The second-order valence-corrected chi connectivity index (χ2v) is 3.13. The van der Waals surface area contributed by atoms with Gasteiger partial charge in [-0.1, -0.05) is 0 Å². The van der Waals surface area contributed by atoms with Crippen LogP contribution in [-0.2, 0) is 11.3 Å². The van der Waals surface area contributed by atoms with Crippen molar-refractivity contribution in [3.63, 3.8) is 0 Å².